The number of carbonyl (C=O) groups is 1. The van der Waals surface area contributed by atoms with Gasteiger partial charge in [-0.2, -0.15) is 0 Å². The lowest BCUT2D eigenvalue weighted by molar-refractivity contribution is 0.0383. The normalized spacial score (nSPS) is 19.4. The van der Waals surface area contributed by atoms with Gasteiger partial charge < -0.3 is 15.4 Å². The van der Waals surface area contributed by atoms with E-state index in [9.17, 15) is 4.79 Å². The van der Waals surface area contributed by atoms with Crippen LogP contribution in [0.15, 0.2) is 6.07 Å². The molecule has 0 unspecified atom stereocenters. The second kappa shape index (κ2) is 8.39. The van der Waals surface area contributed by atoms with Crippen molar-refractivity contribution in [3.05, 3.63) is 17.6 Å². The molecule has 24 heavy (non-hydrogen) atoms. The van der Waals surface area contributed by atoms with Crippen molar-refractivity contribution in [1.29, 1.82) is 0 Å². The van der Waals surface area contributed by atoms with Gasteiger partial charge in [-0.15, -0.1) is 0 Å². The Balaban J connectivity index is 1.52. The number of aromatic nitrogens is 2. The van der Waals surface area contributed by atoms with Crippen LogP contribution in [0.1, 0.15) is 42.0 Å². The fourth-order valence-corrected chi connectivity index (χ4v) is 3.28. The molecule has 2 fully saturated rings. The highest BCUT2D eigenvalue weighted by molar-refractivity contribution is 5.92. The van der Waals surface area contributed by atoms with E-state index < -0.39 is 0 Å². The lowest BCUT2D eigenvalue weighted by atomic mass is 10.2. The Labute approximate surface area is 143 Å². The molecular weight excluding hydrogens is 306 g/mol. The molecular formula is C17H27N5O2. The standard InChI is InChI=1S/C17H27N5O2/c1-13-19-15(12-16(20-13)21-14-4-2-3-5-14)17(23)18-6-7-22-8-10-24-11-9-22/h12,14H,2-11H2,1H3,(H,18,23)(H,19,20,21). The van der Waals surface area contributed by atoms with Crippen molar-refractivity contribution in [3.63, 3.8) is 0 Å². The van der Waals surface area contributed by atoms with Crippen molar-refractivity contribution in [1.82, 2.24) is 20.2 Å². The maximum Gasteiger partial charge on any atom is 0.270 e. The summed E-state index contributed by atoms with van der Waals surface area (Å²) in [5, 5.41) is 6.39. The molecule has 0 spiro atoms. The summed E-state index contributed by atoms with van der Waals surface area (Å²) < 4.78 is 5.32. The molecule has 1 amide bonds. The van der Waals surface area contributed by atoms with Crippen LogP contribution < -0.4 is 10.6 Å². The van der Waals surface area contributed by atoms with E-state index in [1.165, 1.54) is 25.7 Å². The zero-order valence-corrected chi connectivity index (χ0v) is 14.4. The lowest BCUT2D eigenvalue weighted by Crippen LogP contribution is -2.41. The number of hydrogen-bond acceptors (Lipinski definition) is 6. The minimum atomic E-state index is -0.136. The lowest BCUT2D eigenvalue weighted by Gasteiger charge is -2.26. The smallest absolute Gasteiger partial charge is 0.270 e. The molecule has 3 rings (SSSR count). The van der Waals surface area contributed by atoms with Crippen LogP contribution in [0.3, 0.4) is 0 Å². The van der Waals surface area contributed by atoms with Gasteiger partial charge in [0.05, 0.1) is 13.2 Å². The van der Waals surface area contributed by atoms with E-state index >= 15 is 0 Å². The van der Waals surface area contributed by atoms with E-state index in [1.807, 2.05) is 6.92 Å². The van der Waals surface area contributed by atoms with E-state index in [4.69, 9.17) is 4.74 Å². The summed E-state index contributed by atoms with van der Waals surface area (Å²) in [5.41, 5.74) is 0.435. The van der Waals surface area contributed by atoms with Gasteiger partial charge in [-0.25, -0.2) is 9.97 Å². The number of nitrogens with zero attached hydrogens (tertiary/aromatic N) is 3. The van der Waals surface area contributed by atoms with Crippen molar-refractivity contribution in [3.8, 4) is 0 Å². The first-order valence-corrected chi connectivity index (χ1v) is 8.91. The number of aryl methyl sites for hydroxylation is 1. The molecule has 2 aliphatic rings. The Morgan fingerprint density at radius 3 is 2.79 bits per heavy atom. The Kier molecular flexibility index (Phi) is 5.98. The number of carbonyl (C=O) groups excluding carboxylic acids is 1. The van der Waals surface area contributed by atoms with Crippen LogP contribution in [0, 0.1) is 6.92 Å². The zero-order chi connectivity index (χ0) is 16.8. The summed E-state index contributed by atoms with van der Waals surface area (Å²) >= 11 is 0. The van der Waals surface area contributed by atoms with Crippen molar-refractivity contribution in [2.24, 2.45) is 0 Å². The summed E-state index contributed by atoms with van der Waals surface area (Å²) in [6, 6.07) is 2.23. The van der Waals surface area contributed by atoms with E-state index in [0.717, 1.165) is 38.7 Å². The summed E-state index contributed by atoms with van der Waals surface area (Å²) in [7, 11) is 0. The van der Waals surface area contributed by atoms with Gasteiger partial charge in [0.15, 0.2) is 0 Å². The highest BCUT2D eigenvalue weighted by Gasteiger charge is 2.17. The summed E-state index contributed by atoms with van der Waals surface area (Å²) in [5.74, 6) is 1.24. The molecule has 7 heteroatoms. The molecule has 0 aromatic carbocycles. The van der Waals surface area contributed by atoms with Gasteiger partial charge in [0.1, 0.15) is 17.3 Å². The minimum absolute atomic E-state index is 0.136. The number of morpholine rings is 1. The van der Waals surface area contributed by atoms with Crippen LogP contribution in [0.2, 0.25) is 0 Å². The average molecular weight is 333 g/mol. The number of anilines is 1. The average Bonchev–Trinajstić information content (AvgIpc) is 3.08. The Morgan fingerprint density at radius 1 is 1.29 bits per heavy atom. The number of nitrogens with one attached hydrogen (secondary N) is 2. The Morgan fingerprint density at radius 2 is 2.04 bits per heavy atom. The molecule has 1 aliphatic carbocycles. The van der Waals surface area contributed by atoms with Crippen LogP contribution >= 0.6 is 0 Å². The highest BCUT2D eigenvalue weighted by atomic mass is 16.5. The molecule has 1 aromatic heterocycles. The van der Waals surface area contributed by atoms with Crippen LogP contribution in [-0.2, 0) is 4.74 Å². The third-order valence-electron chi connectivity index (χ3n) is 4.60. The van der Waals surface area contributed by atoms with Gasteiger partial charge in [0.2, 0.25) is 0 Å². The van der Waals surface area contributed by atoms with E-state index in [-0.39, 0.29) is 5.91 Å². The fraction of sp³-hybridized carbons (Fsp3) is 0.706. The number of hydrogen-bond donors (Lipinski definition) is 2. The maximum atomic E-state index is 12.4. The fourth-order valence-electron chi connectivity index (χ4n) is 3.28. The molecule has 0 radical (unpaired) electrons. The van der Waals surface area contributed by atoms with Crippen LogP contribution in [0.5, 0.6) is 0 Å². The second-order valence-electron chi connectivity index (χ2n) is 6.52. The summed E-state index contributed by atoms with van der Waals surface area (Å²) in [6.45, 7) is 6.68. The SMILES string of the molecule is Cc1nc(NC2CCCC2)cc(C(=O)NCCN2CCOCC2)n1. The molecule has 7 nitrogen and oxygen atoms in total. The number of ether oxygens (including phenoxy) is 1. The predicted octanol–water partition coefficient (Wildman–Crippen LogP) is 1.20. The van der Waals surface area contributed by atoms with E-state index in [2.05, 4.69) is 25.5 Å². The van der Waals surface area contributed by atoms with Gasteiger partial charge in [-0.3, -0.25) is 9.69 Å². The van der Waals surface area contributed by atoms with Gasteiger partial charge in [-0.1, -0.05) is 12.8 Å². The summed E-state index contributed by atoms with van der Waals surface area (Å²) in [4.78, 5) is 23.3. The quantitative estimate of drug-likeness (QED) is 0.814. The molecule has 0 bridgehead atoms. The molecule has 1 saturated carbocycles. The first-order valence-electron chi connectivity index (χ1n) is 8.91. The Bertz CT molecular complexity index is 554. The van der Waals surface area contributed by atoms with Crippen LogP contribution in [0.25, 0.3) is 0 Å². The van der Waals surface area contributed by atoms with Crippen molar-refractivity contribution >= 4 is 11.7 Å². The van der Waals surface area contributed by atoms with E-state index in [0.29, 0.717) is 24.1 Å². The first-order chi connectivity index (χ1) is 11.7. The number of rotatable bonds is 6. The number of amides is 1. The second-order valence-corrected chi connectivity index (χ2v) is 6.52. The summed E-state index contributed by atoms with van der Waals surface area (Å²) in [6.07, 6.45) is 4.86. The van der Waals surface area contributed by atoms with E-state index in [1.54, 1.807) is 6.07 Å². The minimum Gasteiger partial charge on any atom is -0.379 e. The van der Waals surface area contributed by atoms with Gasteiger partial charge >= 0.3 is 0 Å². The van der Waals surface area contributed by atoms with Crippen LogP contribution in [0.4, 0.5) is 5.82 Å². The largest absolute Gasteiger partial charge is 0.379 e. The Hall–Kier alpha value is -1.73. The molecule has 0 atom stereocenters. The zero-order valence-electron chi connectivity index (χ0n) is 14.4. The highest BCUT2D eigenvalue weighted by Crippen LogP contribution is 2.21. The topological polar surface area (TPSA) is 79.4 Å². The predicted molar refractivity (Wildman–Crippen MR) is 92.2 cm³/mol. The van der Waals surface area contributed by atoms with Gasteiger partial charge in [-0.05, 0) is 19.8 Å². The van der Waals surface area contributed by atoms with Crippen molar-refractivity contribution in [2.45, 2.75) is 38.6 Å². The monoisotopic (exact) mass is 333 g/mol. The van der Waals surface area contributed by atoms with Crippen molar-refractivity contribution in [2.75, 3.05) is 44.7 Å². The molecule has 1 aromatic rings. The van der Waals surface area contributed by atoms with Gasteiger partial charge in [0.25, 0.3) is 5.91 Å². The molecule has 2 heterocycles. The van der Waals surface area contributed by atoms with Crippen molar-refractivity contribution < 1.29 is 9.53 Å². The third-order valence-corrected chi connectivity index (χ3v) is 4.60. The molecule has 1 saturated heterocycles. The maximum absolute atomic E-state index is 12.4. The molecule has 1 aliphatic heterocycles. The van der Waals surface area contributed by atoms with Crippen LogP contribution in [-0.4, -0.2) is 66.2 Å². The molecule has 2 N–H and O–H groups in total. The van der Waals surface area contributed by atoms with Gasteiger partial charge in [0, 0.05) is 38.3 Å². The first kappa shape index (κ1) is 17.1. The molecule has 132 valence electrons. The third kappa shape index (κ3) is 4.88.